The van der Waals surface area contributed by atoms with E-state index in [2.05, 4.69) is 70.7 Å². The number of nitrogens with zero attached hydrogens (tertiary/aromatic N) is 2. The van der Waals surface area contributed by atoms with E-state index < -0.39 is 6.10 Å². The average Bonchev–Trinajstić information content (AvgIpc) is 3.45. The molecule has 5 rings (SSSR count). The quantitative estimate of drug-likeness (QED) is 0.246. The van der Waals surface area contributed by atoms with E-state index in [1.54, 1.807) is 13.2 Å². The molecule has 1 atom stereocenters. The van der Waals surface area contributed by atoms with Gasteiger partial charge >= 0.3 is 0 Å². The molecule has 2 heterocycles. The monoisotopic (exact) mass is 540 g/mol. The molecule has 1 aliphatic rings. The summed E-state index contributed by atoms with van der Waals surface area (Å²) in [5, 5.41) is 14.7. The standard InChI is InChI=1S/C33H36N2O5/c1-37-22-28-20-30(40-34-28)24-39-32-15-9-8-14-31(32)38-23-29(36)21-35-18-16-27(17-19-35)33(25-10-4-2-5-11-25)26-12-6-3-7-13-26/h2-15,20,29,36H,16-19,21-24H2,1H3. The predicted octanol–water partition coefficient (Wildman–Crippen LogP) is 5.74. The van der Waals surface area contributed by atoms with Crippen molar-refractivity contribution in [1.82, 2.24) is 10.1 Å². The molecular weight excluding hydrogens is 504 g/mol. The zero-order valence-corrected chi connectivity index (χ0v) is 22.9. The van der Waals surface area contributed by atoms with E-state index in [4.69, 9.17) is 18.7 Å². The second-order valence-corrected chi connectivity index (χ2v) is 9.93. The second kappa shape index (κ2) is 13.9. The zero-order chi connectivity index (χ0) is 27.6. The minimum Gasteiger partial charge on any atom is -0.487 e. The molecule has 0 spiro atoms. The molecule has 0 aliphatic carbocycles. The van der Waals surface area contributed by atoms with Gasteiger partial charge in [-0.25, -0.2) is 0 Å². The van der Waals surface area contributed by atoms with Crippen LogP contribution in [0.3, 0.4) is 0 Å². The molecule has 7 heteroatoms. The molecule has 0 saturated carbocycles. The Labute approximate surface area is 235 Å². The van der Waals surface area contributed by atoms with Crippen LogP contribution in [-0.2, 0) is 18.0 Å². The van der Waals surface area contributed by atoms with Crippen LogP contribution in [0.1, 0.15) is 35.4 Å². The highest BCUT2D eigenvalue weighted by atomic mass is 16.5. The van der Waals surface area contributed by atoms with Crippen LogP contribution in [0.25, 0.3) is 5.57 Å². The van der Waals surface area contributed by atoms with E-state index in [-0.39, 0.29) is 13.2 Å². The van der Waals surface area contributed by atoms with Crippen LogP contribution in [0, 0.1) is 0 Å². The van der Waals surface area contributed by atoms with Gasteiger partial charge in [-0.15, -0.1) is 0 Å². The van der Waals surface area contributed by atoms with Crippen molar-refractivity contribution in [3.8, 4) is 11.5 Å². The van der Waals surface area contributed by atoms with Crippen LogP contribution >= 0.6 is 0 Å². The molecule has 1 unspecified atom stereocenters. The number of methoxy groups -OCH3 is 1. The molecular formula is C33H36N2O5. The van der Waals surface area contributed by atoms with Crippen molar-refractivity contribution in [3.63, 3.8) is 0 Å². The molecule has 0 bridgehead atoms. The van der Waals surface area contributed by atoms with Gasteiger partial charge in [-0.1, -0.05) is 83.5 Å². The van der Waals surface area contributed by atoms with Crippen molar-refractivity contribution in [2.75, 3.05) is 33.4 Å². The van der Waals surface area contributed by atoms with Crippen LogP contribution in [0.15, 0.2) is 101 Å². The Bertz CT molecular complexity index is 1320. The maximum atomic E-state index is 10.8. The highest BCUT2D eigenvalue weighted by Gasteiger charge is 2.21. The first-order valence-corrected chi connectivity index (χ1v) is 13.7. The summed E-state index contributed by atoms with van der Waals surface area (Å²) in [4.78, 5) is 2.31. The van der Waals surface area contributed by atoms with E-state index in [0.29, 0.717) is 36.1 Å². The molecule has 4 aromatic rings. The van der Waals surface area contributed by atoms with Crippen molar-refractivity contribution in [2.45, 2.75) is 32.2 Å². The van der Waals surface area contributed by atoms with Crippen molar-refractivity contribution >= 4 is 5.57 Å². The van der Waals surface area contributed by atoms with E-state index in [0.717, 1.165) is 25.9 Å². The molecule has 7 nitrogen and oxygen atoms in total. The van der Waals surface area contributed by atoms with Crippen molar-refractivity contribution in [2.24, 2.45) is 0 Å². The molecule has 1 fully saturated rings. The predicted molar refractivity (Wildman–Crippen MR) is 154 cm³/mol. The summed E-state index contributed by atoms with van der Waals surface area (Å²) in [5.74, 6) is 1.77. The number of benzene rings is 3. The molecule has 1 N–H and O–H groups in total. The van der Waals surface area contributed by atoms with Gasteiger partial charge in [0.1, 0.15) is 25.0 Å². The molecule has 3 aromatic carbocycles. The van der Waals surface area contributed by atoms with Crippen molar-refractivity contribution < 1.29 is 23.8 Å². The lowest BCUT2D eigenvalue weighted by Gasteiger charge is -2.31. The number of aliphatic hydroxyl groups excluding tert-OH is 1. The maximum Gasteiger partial charge on any atom is 0.174 e. The summed E-state index contributed by atoms with van der Waals surface area (Å²) in [6, 6.07) is 30.5. The maximum absolute atomic E-state index is 10.8. The largest absolute Gasteiger partial charge is 0.487 e. The molecule has 0 amide bonds. The normalized spacial score (nSPS) is 14.6. The highest BCUT2D eigenvalue weighted by molar-refractivity contribution is 5.82. The Hall–Kier alpha value is -3.91. The summed E-state index contributed by atoms with van der Waals surface area (Å²) in [6.45, 7) is 3.14. The number of likely N-dealkylation sites (tertiary alicyclic amines) is 1. The third kappa shape index (κ3) is 7.39. The van der Waals surface area contributed by atoms with E-state index >= 15 is 0 Å². The van der Waals surface area contributed by atoms with Gasteiger partial charge < -0.3 is 23.8 Å². The Morgan fingerprint density at radius 2 is 1.45 bits per heavy atom. The van der Waals surface area contributed by atoms with Gasteiger partial charge in [-0.3, -0.25) is 4.90 Å². The summed E-state index contributed by atoms with van der Waals surface area (Å²) in [5.41, 5.74) is 6.02. The van der Waals surface area contributed by atoms with Gasteiger partial charge in [0.05, 0.1) is 6.61 Å². The number of rotatable bonds is 12. The Kier molecular flexibility index (Phi) is 9.63. The average molecular weight is 541 g/mol. The lowest BCUT2D eigenvalue weighted by Crippen LogP contribution is -2.39. The third-order valence-electron chi connectivity index (χ3n) is 6.96. The van der Waals surface area contributed by atoms with E-state index in [1.165, 1.54) is 22.3 Å². The van der Waals surface area contributed by atoms with Gasteiger partial charge in [0.15, 0.2) is 17.3 Å². The van der Waals surface area contributed by atoms with Gasteiger partial charge in [-0.2, -0.15) is 0 Å². The third-order valence-corrected chi connectivity index (χ3v) is 6.96. The molecule has 40 heavy (non-hydrogen) atoms. The summed E-state index contributed by atoms with van der Waals surface area (Å²) in [6.07, 6.45) is 1.32. The van der Waals surface area contributed by atoms with Crippen LogP contribution < -0.4 is 9.47 Å². The van der Waals surface area contributed by atoms with Crippen LogP contribution in [0.2, 0.25) is 0 Å². The fourth-order valence-corrected chi connectivity index (χ4v) is 5.05. The fraction of sp³-hybridized carbons (Fsp3) is 0.303. The van der Waals surface area contributed by atoms with E-state index in [1.807, 2.05) is 24.3 Å². The van der Waals surface area contributed by atoms with Crippen molar-refractivity contribution in [1.29, 1.82) is 0 Å². The van der Waals surface area contributed by atoms with Gasteiger partial charge in [0, 0.05) is 32.8 Å². The minimum atomic E-state index is -0.618. The fourth-order valence-electron chi connectivity index (χ4n) is 5.05. The Morgan fingerprint density at radius 1 is 0.850 bits per heavy atom. The number of β-amino-alcohol motifs (C(OH)–C–C–N with tert-alkyl or cyclic N) is 1. The van der Waals surface area contributed by atoms with Crippen LogP contribution in [0.5, 0.6) is 11.5 Å². The lowest BCUT2D eigenvalue weighted by molar-refractivity contribution is 0.0641. The van der Waals surface area contributed by atoms with Gasteiger partial charge in [0.25, 0.3) is 0 Å². The first-order valence-electron chi connectivity index (χ1n) is 13.7. The first kappa shape index (κ1) is 27.6. The number of hydrogen-bond donors (Lipinski definition) is 1. The highest BCUT2D eigenvalue weighted by Crippen LogP contribution is 2.32. The van der Waals surface area contributed by atoms with Gasteiger partial charge in [-0.05, 0) is 41.7 Å². The SMILES string of the molecule is COCc1cc(COc2ccccc2OCC(O)CN2CCC(=C(c3ccccc3)c3ccccc3)CC2)on1. The van der Waals surface area contributed by atoms with Crippen LogP contribution in [0.4, 0.5) is 0 Å². The number of piperidine rings is 1. The topological polar surface area (TPSA) is 77.2 Å². The molecule has 0 radical (unpaired) electrons. The molecule has 208 valence electrons. The first-order chi connectivity index (χ1) is 19.7. The second-order valence-electron chi connectivity index (χ2n) is 9.93. The number of aromatic nitrogens is 1. The minimum absolute atomic E-state index is 0.180. The number of ether oxygens (including phenoxy) is 3. The molecule has 1 aromatic heterocycles. The summed E-state index contributed by atoms with van der Waals surface area (Å²) < 4.78 is 22.2. The number of aliphatic hydroxyl groups is 1. The number of para-hydroxylation sites is 2. The Morgan fingerprint density at radius 3 is 2.08 bits per heavy atom. The zero-order valence-electron chi connectivity index (χ0n) is 22.9. The lowest BCUT2D eigenvalue weighted by atomic mass is 9.88. The Balaban J connectivity index is 1.14. The summed E-state index contributed by atoms with van der Waals surface area (Å²) >= 11 is 0. The summed E-state index contributed by atoms with van der Waals surface area (Å²) in [7, 11) is 1.61. The smallest absolute Gasteiger partial charge is 0.174 e. The van der Waals surface area contributed by atoms with E-state index in [9.17, 15) is 5.11 Å². The van der Waals surface area contributed by atoms with Crippen LogP contribution in [-0.4, -0.2) is 54.6 Å². The molecule has 1 saturated heterocycles. The molecule has 1 aliphatic heterocycles. The van der Waals surface area contributed by atoms with Gasteiger partial charge in [0.2, 0.25) is 0 Å². The van der Waals surface area contributed by atoms with Crippen molar-refractivity contribution in [3.05, 3.63) is 119 Å². The number of hydrogen-bond acceptors (Lipinski definition) is 7.